The molecule has 1 atom stereocenters. The maximum atomic E-state index is 14.2. The topological polar surface area (TPSA) is 86.8 Å². The van der Waals surface area contributed by atoms with Gasteiger partial charge in [-0.3, -0.25) is 13.9 Å². The second kappa shape index (κ2) is 13.7. The van der Waals surface area contributed by atoms with E-state index in [1.54, 1.807) is 30.3 Å². The molecule has 4 aromatic rings. The van der Waals surface area contributed by atoms with Gasteiger partial charge in [0.05, 0.1) is 11.9 Å². The lowest BCUT2D eigenvalue weighted by molar-refractivity contribution is -0.140. The summed E-state index contributed by atoms with van der Waals surface area (Å²) >= 11 is 6.50. The number of rotatable bonds is 12. The maximum absolute atomic E-state index is 14.2. The van der Waals surface area contributed by atoms with Gasteiger partial charge in [-0.05, 0) is 35.1 Å². The molecule has 41 heavy (non-hydrogen) atoms. The number of nitrogens with one attached hydrogen (secondary N) is 1. The molecule has 0 heterocycles. The molecule has 0 radical (unpaired) electrons. The molecular formula is C32H34ClN3O4S. The van der Waals surface area contributed by atoms with Crippen LogP contribution in [0.4, 0.5) is 5.69 Å². The van der Waals surface area contributed by atoms with E-state index in [1.165, 1.54) is 4.90 Å². The Kier molecular flexibility index (Phi) is 10.0. The first kappa shape index (κ1) is 30.1. The second-order valence-corrected chi connectivity index (χ2v) is 12.2. The van der Waals surface area contributed by atoms with E-state index in [0.717, 1.165) is 27.9 Å². The molecule has 0 saturated carbocycles. The predicted molar refractivity (Wildman–Crippen MR) is 165 cm³/mol. The Bertz CT molecular complexity index is 1610. The molecule has 7 nitrogen and oxygen atoms in total. The van der Waals surface area contributed by atoms with Crippen molar-refractivity contribution in [3.8, 4) is 0 Å². The minimum atomic E-state index is -3.88. The zero-order valence-corrected chi connectivity index (χ0v) is 24.7. The van der Waals surface area contributed by atoms with Crippen LogP contribution < -0.4 is 9.62 Å². The van der Waals surface area contributed by atoms with E-state index in [0.29, 0.717) is 28.2 Å². The number of fused-ring (bicyclic) bond motifs is 1. The Morgan fingerprint density at radius 1 is 0.878 bits per heavy atom. The van der Waals surface area contributed by atoms with Crippen LogP contribution in [0.1, 0.15) is 24.5 Å². The third-order valence-electron chi connectivity index (χ3n) is 6.83. The first-order valence-corrected chi connectivity index (χ1v) is 15.7. The Balaban J connectivity index is 1.78. The van der Waals surface area contributed by atoms with Crippen LogP contribution in [0.5, 0.6) is 0 Å². The zero-order valence-electron chi connectivity index (χ0n) is 23.2. The van der Waals surface area contributed by atoms with Crippen LogP contribution in [0.25, 0.3) is 10.8 Å². The van der Waals surface area contributed by atoms with Crippen molar-refractivity contribution in [2.24, 2.45) is 0 Å². The number of sulfonamides is 1. The van der Waals surface area contributed by atoms with Crippen LogP contribution in [0.3, 0.4) is 0 Å². The molecule has 214 valence electrons. The van der Waals surface area contributed by atoms with E-state index >= 15 is 0 Å². The van der Waals surface area contributed by atoms with E-state index < -0.39 is 28.5 Å². The van der Waals surface area contributed by atoms with Gasteiger partial charge in [0.15, 0.2) is 0 Å². The first-order valence-electron chi connectivity index (χ1n) is 13.5. The van der Waals surface area contributed by atoms with Gasteiger partial charge in [-0.2, -0.15) is 0 Å². The fraction of sp³-hybridized carbons (Fsp3) is 0.250. The van der Waals surface area contributed by atoms with Gasteiger partial charge in [0.1, 0.15) is 12.6 Å². The molecule has 0 saturated heterocycles. The van der Waals surface area contributed by atoms with Crippen molar-refractivity contribution in [2.45, 2.75) is 32.4 Å². The van der Waals surface area contributed by atoms with Crippen molar-refractivity contribution in [1.29, 1.82) is 0 Å². The first-order chi connectivity index (χ1) is 19.7. The van der Waals surface area contributed by atoms with Crippen LogP contribution in [0, 0.1) is 0 Å². The summed E-state index contributed by atoms with van der Waals surface area (Å²) in [6.07, 6.45) is 2.06. The standard InChI is InChI=1S/C32H34ClN3O4S/c1-3-20-34-32(38)30(21-24-12-5-4-6-13-24)35(22-26-15-8-10-18-28(26)33)31(37)23-36(41(2,39)40)29-19-11-16-25-14-7-9-17-27(25)29/h4-19,30H,3,20-23H2,1-2H3,(H,34,38)/t30-/m0/s1. The summed E-state index contributed by atoms with van der Waals surface area (Å²) in [6, 6.07) is 28.4. The SMILES string of the molecule is CCCNC(=O)[C@H](Cc1ccccc1)N(Cc1ccccc1Cl)C(=O)CN(c1cccc2ccccc12)S(C)(=O)=O. The summed E-state index contributed by atoms with van der Waals surface area (Å²) in [5.41, 5.74) is 1.92. The summed E-state index contributed by atoms with van der Waals surface area (Å²) in [7, 11) is -3.88. The number of carbonyl (C=O) groups is 2. The molecule has 0 aliphatic carbocycles. The van der Waals surface area contributed by atoms with Crippen molar-refractivity contribution in [3.63, 3.8) is 0 Å². The highest BCUT2D eigenvalue weighted by molar-refractivity contribution is 7.92. The largest absolute Gasteiger partial charge is 0.354 e. The maximum Gasteiger partial charge on any atom is 0.244 e. The smallest absolute Gasteiger partial charge is 0.244 e. The Morgan fingerprint density at radius 3 is 2.24 bits per heavy atom. The second-order valence-electron chi connectivity index (χ2n) is 9.88. The van der Waals surface area contributed by atoms with Crippen molar-refractivity contribution in [2.75, 3.05) is 23.7 Å². The average Bonchev–Trinajstić information content (AvgIpc) is 2.97. The molecule has 2 amide bonds. The molecule has 0 fully saturated rings. The van der Waals surface area contributed by atoms with Crippen molar-refractivity contribution < 1.29 is 18.0 Å². The average molecular weight is 592 g/mol. The summed E-state index contributed by atoms with van der Waals surface area (Å²) in [5.74, 6) is -0.831. The molecule has 0 unspecified atom stereocenters. The highest BCUT2D eigenvalue weighted by atomic mass is 35.5. The monoisotopic (exact) mass is 591 g/mol. The van der Waals surface area contributed by atoms with Crippen molar-refractivity contribution >= 4 is 49.9 Å². The van der Waals surface area contributed by atoms with E-state index in [4.69, 9.17) is 11.6 Å². The molecule has 0 aliphatic heterocycles. The van der Waals surface area contributed by atoms with Gasteiger partial charge in [0, 0.05) is 29.9 Å². The summed E-state index contributed by atoms with van der Waals surface area (Å²) in [6.45, 7) is 1.95. The summed E-state index contributed by atoms with van der Waals surface area (Å²) in [5, 5.41) is 4.93. The Labute approximate surface area is 246 Å². The third kappa shape index (κ3) is 7.65. The highest BCUT2D eigenvalue weighted by Gasteiger charge is 2.33. The molecule has 9 heteroatoms. The minimum absolute atomic E-state index is 0.0304. The van der Waals surface area contributed by atoms with Crippen LogP contribution in [-0.4, -0.2) is 50.5 Å². The quantitative estimate of drug-likeness (QED) is 0.238. The van der Waals surface area contributed by atoms with Gasteiger partial charge in [-0.25, -0.2) is 8.42 Å². The number of carbonyl (C=O) groups excluding carboxylic acids is 2. The van der Waals surface area contributed by atoms with Gasteiger partial charge >= 0.3 is 0 Å². The minimum Gasteiger partial charge on any atom is -0.354 e. The van der Waals surface area contributed by atoms with E-state index in [2.05, 4.69) is 5.32 Å². The molecule has 1 N–H and O–H groups in total. The number of amides is 2. The predicted octanol–water partition coefficient (Wildman–Crippen LogP) is 5.43. The Hall–Kier alpha value is -3.88. The zero-order chi connectivity index (χ0) is 29.4. The molecule has 0 spiro atoms. The van der Waals surface area contributed by atoms with Gasteiger partial charge in [0.25, 0.3) is 0 Å². The van der Waals surface area contributed by atoms with E-state index in [1.807, 2.05) is 73.7 Å². The lowest BCUT2D eigenvalue weighted by Crippen LogP contribution is -2.53. The van der Waals surface area contributed by atoms with E-state index in [-0.39, 0.29) is 18.9 Å². The fourth-order valence-electron chi connectivity index (χ4n) is 4.75. The third-order valence-corrected chi connectivity index (χ3v) is 8.33. The van der Waals surface area contributed by atoms with Crippen LogP contribution in [0.15, 0.2) is 97.1 Å². The van der Waals surface area contributed by atoms with Gasteiger partial charge in [-0.15, -0.1) is 0 Å². The van der Waals surface area contributed by atoms with Gasteiger partial charge in [0.2, 0.25) is 21.8 Å². The normalized spacial score (nSPS) is 12.1. The van der Waals surface area contributed by atoms with Crippen LogP contribution >= 0.6 is 11.6 Å². The number of halogens is 1. The molecule has 4 rings (SSSR count). The molecule has 0 aliphatic rings. The van der Waals surface area contributed by atoms with Crippen LogP contribution in [0.2, 0.25) is 5.02 Å². The molecular weight excluding hydrogens is 558 g/mol. The van der Waals surface area contributed by atoms with Crippen molar-refractivity contribution in [1.82, 2.24) is 10.2 Å². The Morgan fingerprint density at radius 2 is 1.54 bits per heavy atom. The number of anilines is 1. The molecule has 0 aromatic heterocycles. The number of benzene rings is 4. The number of hydrogen-bond donors (Lipinski definition) is 1. The number of hydrogen-bond acceptors (Lipinski definition) is 4. The lowest BCUT2D eigenvalue weighted by atomic mass is 10.0. The fourth-order valence-corrected chi connectivity index (χ4v) is 5.81. The lowest BCUT2D eigenvalue weighted by Gasteiger charge is -2.34. The summed E-state index contributed by atoms with van der Waals surface area (Å²) < 4.78 is 27.4. The van der Waals surface area contributed by atoms with Crippen LogP contribution in [-0.2, 0) is 32.6 Å². The highest BCUT2D eigenvalue weighted by Crippen LogP contribution is 2.29. The van der Waals surface area contributed by atoms with Crippen molar-refractivity contribution in [3.05, 3.63) is 113 Å². The number of nitrogens with zero attached hydrogens (tertiary/aromatic N) is 2. The van der Waals surface area contributed by atoms with Gasteiger partial charge < -0.3 is 10.2 Å². The molecule has 0 bridgehead atoms. The molecule has 4 aromatic carbocycles. The summed E-state index contributed by atoms with van der Waals surface area (Å²) in [4.78, 5) is 29.3. The van der Waals surface area contributed by atoms with Gasteiger partial charge in [-0.1, -0.05) is 103 Å². The van der Waals surface area contributed by atoms with E-state index in [9.17, 15) is 18.0 Å².